The minimum Gasteiger partial charge on any atom is -0.481 e. The van der Waals surface area contributed by atoms with Crippen molar-refractivity contribution in [2.24, 2.45) is 5.92 Å². The number of carboxylic acid groups (broad SMARTS) is 2. The summed E-state index contributed by atoms with van der Waals surface area (Å²) in [6, 6.07) is -1.07. The fraction of sp³-hybridized carbons (Fsp3) is 0.842. The van der Waals surface area contributed by atoms with E-state index >= 15 is 0 Å². The van der Waals surface area contributed by atoms with Gasteiger partial charge in [0.15, 0.2) is 5.78 Å². The molecule has 20 heteroatoms. The van der Waals surface area contributed by atoms with Crippen molar-refractivity contribution in [2.45, 2.75) is 154 Å². The van der Waals surface area contributed by atoms with Crippen molar-refractivity contribution >= 4 is 55.6 Å². The molecule has 0 saturated heterocycles. The molecule has 0 fully saturated rings. The van der Waals surface area contributed by atoms with Gasteiger partial charge in [0.1, 0.15) is 12.6 Å². The van der Waals surface area contributed by atoms with Crippen molar-refractivity contribution in [3.8, 4) is 0 Å². The van der Waals surface area contributed by atoms with Crippen LogP contribution in [-0.2, 0) is 58.4 Å². The first-order valence-electron chi connectivity index (χ1n) is 20.6. The van der Waals surface area contributed by atoms with Gasteiger partial charge in [-0.15, -0.1) is 0 Å². The summed E-state index contributed by atoms with van der Waals surface area (Å²) < 4.78 is 67.2. The highest BCUT2D eigenvalue weighted by atomic mass is 32.2. The number of carbonyl (C=O) groups excluding carboxylic acids is 4. The number of nitrogens with one attached hydrogen (secondary N) is 3. The maximum absolute atomic E-state index is 12.2. The summed E-state index contributed by atoms with van der Waals surface area (Å²) in [6.45, 7) is 1.60. The van der Waals surface area contributed by atoms with Crippen LogP contribution in [0, 0.1) is 5.92 Å². The van der Waals surface area contributed by atoms with E-state index in [-0.39, 0.29) is 95.3 Å². The maximum atomic E-state index is 12.2. The average Bonchev–Trinajstić information content (AvgIpc) is 3.13. The molecule has 0 spiro atoms. The zero-order chi connectivity index (χ0) is 43.7. The van der Waals surface area contributed by atoms with Gasteiger partial charge in [-0.1, -0.05) is 90.4 Å². The molecule has 6 N–H and O–H groups in total. The number of ketones is 1. The van der Waals surface area contributed by atoms with Gasteiger partial charge in [0, 0.05) is 32.2 Å². The Morgan fingerprint density at radius 1 is 0.586 bits per heavy atom. The van der Waals surface area contributed by atoms with E-state index in [2.05, 4.69) is 15.4 Å². The number of hydrogen-bond acceptors (Lipinski definition) is 12. The topological polar surface area (TPSA) is 286 Å². The summed E-state index contributed by atoms with van der Waals surface area (Å²) >= 11 is 0. The summed E-state index contributed by atoms with van der Waals surface area (Å²) in [5.74, 6) is -6.16. The molecule has 18 nitrogen and oxygen atoms in total. The Balaban J connectivity index is 3.80. The molecule has 2 atom stereocenters. The molecular weight excluding hydrogens is 803 g/mol. The Kier molecular flexibility index (Phi) is 31.8. The second-order valence-corrected chi connectivity index (χ2v) is 17.9. The lowest BCUT2D eigenvalue weighted by Crippen LogP contribution is -2.40. The quantitative estimate of drug-likeness (QED) is 0.0376. The second kappa shape index (κ2) is 33.6. The molecule has 0 aliphatic rings. The van der Waals surface area contributed by atoms with E-state index in [1.54, 1.807) is 6.92 Å². The second-order valence-electron chi connectivity index (χ2n) is 14.5. The molecular formula is C38H69N3O15S2. The van der Waals surface area contributed by atoms with Gasteiger partial charge in [-0.3, -0.25) is 33.2 Å². The van der Waals surface area contributed by atoms with Crippen LogP contribution in [0.15, 0.2) is 0 Å². The minimum absolute atomic E-state index is 0.0242. The first-order chi connectivity index (χ1) is 27.5. The normalized spacial score (nSPS) is 12.7. The van der Waals surface area contributed by atoms with Crippen LogP contribution in [0.4, 0.5) is 0 Å². The molecule has 0 saturated carbocycles. The lowest BCUT2D eigenvalue weighted by Gasteiger charge is -2.14. The maximum Gasteiger partial charge on any atom is 0.326 e. The molecule has 3 amide bonds. The number of carbonyl (C=O) groups is 6. The molecule has 0 aliphatic carbocycles. The Hall–Kier alpha value is -3.20. The number of amides is 3. The van der Waals surface area contributed by atoms with Crippen molar-refractivity contribution in [3.05, 3.63) is 0 Å². The van der Waals surface area contributed by atoms with Crippen LogP contribution in [-0.4, -0.2) is 118 Å². The molecule has 0 bridgehead atoms. The molecule has 0 aromatic heterocycles. The van der Waals surface area contributed by atoms with E-state index in [1.807, 2.05) is 0 Å². The molecule has 0 rings (SSSR count). The predicted molar refractivity (Wildman–Crippen MR) is 216 cm³/mol. The molecule has 0 aliphatic heterocycles. The van der Waals surface area contributed by atoms with E-state index < -0.39 is 61.6 Å². The van der Waals surface area contributed by atoms with Gasteiger partial charge >= 0.3 is 11.9 Å². The number of sulfonamides is 1. The monoisotopic (exact) mass is 871 g/mol. The van der Waals surface area contributed by atoms with Crippen molar-refractivity contribution in [3.63, 3.8) is 0 Å². The van der Waals surface area contributed by atoms with Gasteiger partial charge in [-0.25, -0.2) is 13.2 Å². The average molecular weight is 872 g/mol. The smallest absolute Gasteiger partial charge is 0.326 e. The molecule has 338 valence electrons. The fourth-order valence-electron chi connectivity index (χ4n) is 5.88. The highest BCUT2D eigenvalue weighted by Crippen LogP contribution is 2.15. The van der Waals surface area contributed by atoms with Gasteiger partial charge < -0.3 is 30.3 Å². The van der Waals surface area contributed by atoms with Gasteiger partial charge in [0.2, 0.25) is 27.7 Å². The van der Waals surface area contributed by atoms with Crippen LogP contribution < -0.4 is 15.4 Å². The number of ether oxygens (including phenoxy) is 2. The predicted octanol–water partition coefficient (Wildman–Crippen LogP) is 3.91. The fourth-order valence-corrected chi connectivity index (χ4v) is 7.52. The first-order valence-corrected chi connectivity index (χ1v) is 23.9. The molecule has 0 aromatic rings. The van der Waals surface area contributed by atoms with Gasteiger partial charge in [0.25, 0.3) is 10.1 Å². The summed E-state index contributed by atoms with van der Waals surface area (Å²) in [4.78, 5) is 70.8. The zero-order valence-electron chi connectivity index (χ0n) is 34.2. The summed E-state index contributed by atoms with van der Waals surface area (Å²) in [6.07, 6.45) is 14.6. The number of Topliss-reactive ketones (excluding diaryl/α,β-unsaturated/α-hetero) is 1. The van der Waals surface area contributed by atoms with E-state index in [0.717, 1.165) is 57.8 Å². The van der Waals surface area contributed by atoms with Crippen LogP contribution in [0.1, 0.15) is 148 Å². The van der Waals surface area contributed by atoms with Crippen LogP contribution >= 0.6 is 0 Å². The van der Waals surface area contributed by atoms with Crippen molar-refractivity contribution in [1.29, 1.82) is 0 Å². The van der Waals surface area contributed by atoms with E-state index in [0.29, 0.717) is 12.8 Å². The first kappa shape index (κ1) is 54.8. The molecule has 0 aromatic carbocycles. The summed E-state index contributed by atoms with van der Waals surface area (Å²) in [5, 5.41) is 23.3. The number of carboxylic acids is 2. The van der Waals surface area contributed by atoms with Crippen LogP contribution in [0.3, 0.4) is 0 Å². The van der Waals surface area contributed by atoms with Crippen molar-refractivity contribution < 1.29 is 69.8 Å². The molecule has 0 heterocycles. The standard InChI is InChI=1S/C38H69N3O15S2/c1-2-33(38(48)49)40-35(44)22-21-31(37(46)47)29-32(42)30-56-26-25-55-24-23-39-34(43)20-18-27-57(50,51)41-36(45)19-16-14-12-10-8-6-4-3-5-7-9-11-13-15-17-28-58(52,53)54/h31,33H,2-30H2,1H3,(H,39,43)(H,40,44)(H,41,45)(H,46,47)(H,48,49)(H,52,53,54)/t31-,33?/m1/s1. The van der Waals surface area contributed by atoms with Crippen LogP contribution in [0.25, 0.3) is 0 Å². The number of hydrogen-bond donors (Lipinski definition) is 6. The van der Waals surface area contributed by atoms with Crippen molar-refractivity contribution in [2.75, 3.05) is 44.5 Å². The third kappa shape index (κ3) is 34.8. The summed E-state index contributed by atoms with van der Waals surface area (Å²) in [7, 11) is -7.70. The zero-order valence-corrected chi connectivity index (χ0v) is 35.9. The third-order valence-corrected chi connectivity index (χ3v) is 11.4. The number of unbranched alkanes of at least 4 members (excludes halogenated alkanes) is 14. The Labute approximate surface area is 344 Å². The van der Waals surface area contributed by atoms with Crippen LogP contribution in [0.2, 0.25) is 0 Å². The number of rotatable bonds is 40. The minimum atomic E-state index is -3.86. The molecule has 58 heavy (non-hydrogen) atoms. The van der Waals surface area contributed by atoms with Crippen LogP contribution in [0.5, 0.6) is 0 Å². The Bertz CT molecular complexity index is 1430. The highest BCUT2D eigenvalue weighted by molar-refractivity contribution is 7.90. The molecule has 1 unspecified atom stereocenters. The Morgan fingerprint density at radius 3 is 1.62 bits per heavy atom. The van der Waals surface area contributed by atoms with E-state index in [9.17, 15) is 50.7 Å². The molecule has 0 radical (unpaired) electrons. The lowest BCUT2D eigenvalue weighted by atomic mass is 9.97. The van der Waals surface area contributed by atoms with Gasteiger partial charge in [-0.05, 0) is 32.1 Å². The summed E-state index contributed by atoms with van der Waals surface area (Å²) in [5.41, 5.74) is 0. The third-order valence-electron chi connectivity index (χ3n) is 9.18. The SMILES string of the molecule is CCC(NC(=O)CC[C@H](CC(=O)COCCOCCNC(=O)CCCS(=O)(=O)NC(=O)CCCCCCCCCCCCCCCCCS(=O)(=O)O)C(=O)O)C(=O)O. The van der Waals surface area contributed by atoms with Gasteiger partial charge in [0.05, 0.1) is 37.2 Å². The van der Waals surface area contributed by atoms with Gasteiger partial charge in [-0.2, -0.15) is 8.42 Å². The number of aliphatic carboxylic acids is 2. The Morgan fingerprint density at radius 2 is 1.10 bits per heavy atom. The highest BCUT2D eigenvalue weighted by Gasteiger charge is 2.24. The van der Waals surface area contributed by atoms with E-state index in [1.165, 1.54) is 25.7 Å². The van der Waals surface area contributed by atoms with Crippen molar-refractivity contribution in [1.82, 2.24) is 15.4 Å². The van der Waals surface area contributed by atoms with E-state index in [4.69, 9.17) is 19.1 Å². The largest absolute Gasteiger partial charge is 0.481 e. The lowest BCUT2D eigenvalue weighted by molar-refractivity contribution is -0.145.